The predicted octanol–water partition coefficient (Wildman–Crippen LogP) is 2.31. The van der Waals surface area contributed by atoms with Crippen LogP contribution in [0.3, 0.4) is 0 Å². The first-order valence-corrected chi connectivity index (χ1v) is 8.42. The Hall–Kier alpha value is -3.46. The fraction of sp³-hybridized carbons (Fsp3) is 0.263. The van der Waals surface area contributed by atoms with E-state index in [0.29, 0.717) is 5.56 Å². The molecule has 148 valence electrons. The lowest BCUT2D eigenvalue weighted by Gasteiger charge is -2.19. The molecule has 2 N–H and O–H groups in total. The van der Waals surface area contributed by atoms with Crippen LogP contribution in [-0.4, -0.2) is 34.2 Å². The number of ether oxygens (including phenoxy) is 2. The fourth-order valence-corrected chi connectivity index (χ4v) is 2.23. The van der Waals surface area contributed by atoms with Gasteiger partial charge >= 0.3 is 12.1 Å². The Balaban J connectivity index is 1.86. The summed E-state index contributed by atoms with van der Waals surface area (Å²) in [6.45, 7) is 1.17. The average molecular weight is 388 g/mol. The summed E-state index contributed by atoms with van der Waals surface area (Å²) >= 11 is 0. The number of amides is 1. The van der Waals surface area contributed by atoms with Gasteiger partial charge in [0.1, 0.15) is 13.2 Å². The zero-order valence-corrected chi connectivity index (χ0v) is 15.1. The predicted molar refractivity (Wildman–Crippen MR) is 98.1 cm³/mol. The van der Waals surface area contributed by atoms with Crippen molar-refractivity contribution in [2.45, 2.75) is 32.3 Å². The van der Waals surface area contributed by atoms with Gasteiger partial charge in [-0.25, -0.2) is 9.59 Å². The summed E-state index contributed by atoms with van der Waals surface area (Å²) in [5, 5.41) is 22.7. The molecule has 0 aliphatic carbocycles. The van der Waals surface area contributed by atoms with Crippen molar-refractivity contribution >= 4 is 17.7 Å². The molecule has 0 fully saturated rings. The van der Waals surface area contributed by atoms with E-state index in [1.165, 1.54) is 31.2 Å². The first-order valence-electron chi connectivity index (χ1n) is 8.42. The number of carbonyl (C=O) groups is 2. The van der Waals surface area contributed by atoms with Crippen LogP contribution in [0.1, 0.15) is 18.1 Å². The zero-order chi connectivity index (χ0) is 20.5. The van der Waals surface area contributed by atoms with Crippen LogP contribution in [0.25, 0.3) is 0 Å². The number of alkyl carbamates (subject to hydrolysis) is 1. The molecular weight excluding hydrogens is 368 g/mol. The molecule has 2 aromatic rings. The van der Waals surface area contributed by atoms with Gasteiger partial charge in [-0.15, -0.1) is 0 Å². The van der Waals surface area contributed by atoms with Crippen molar-refractivity contribution in [2.75, 3.05) is 0 Å². The van der Waals surface area contributed by atoms with Crippen LogP contribution >= 0.6 is 0 Å². The summed E-state index contributed by atoms with van der Waals surface area (Å²) < 4.78 is 10.1. The van der Waals surface area contributed by atoms with E-state index in [1.807, 2.05) is 6.07 Å². The highest BCUT2D eigenvalue weighted by Gasteiger charge is 2.28. The number of non-ortho nitro benzene ring substituents is 1. The molecule has 2 aromatic carbocycles. The van der Waals surface area contributed by atoms with Crippen molar-refractivity contribution in [1.82, 2.24) is 5.32 Å². The van der Waals surface area contributed by atoms with Crippen LogP contribution in [0.2, 0.25) is 0 Å². The maximum atomic E-state index is 12.2. The number of nitro groups is 1. The second kappa shape index (κ2) is 10.0. The molecule has 2 atom stereocenters. The van der Waals surface area contributed by atoms with Crippen LogP contribution in [-0.2, 0) is 27.5 Å². The Morgan fingerprint density at radius 2 is 1.61 bits per heavy atom. The Morgan fingerprint density at radius 3 is 2.18 bits per heavy atom. The third kappa shape index (κ3) is 6.36. The first kappa shape index (κ1) is 20.8. The quantitative estimate of drug-likeness (QED) is 0.403. The number of hydrogen-bond acceptors (Lipinski definition) is 7. The SMILES string of the molecule is C[C@H](O)[C@@H](NC(=O)OCc1ccccc1)C(=O)OCc1ccc([N+](=O)[O-])cc1. The molecule has 0 saturated carbocycles. The van der Waals surface area contributed by atoms with E-state index < -0.39 is 29.1 Å². The molecular formula is C19H20N2O7. The lowest BCUT2D eigenvalue weighted by atomic mass is 10.2. The molecule has 0 aliphatic heterocycles. The maximum Gasteiger partial charge on any atom is 0.408 e. The summed E-state index contributed by atoms with van der Waals surface area (Å²) in [5.74, 6) is -0.856. The van der Waals surface area contributed by atoms with E-state index >= 15 is 0 Å². The van der Waals surface area contributed by atoms with Crippen LogP contribution in [0, 0.1) is 10.1 Å². The number of aliphatic hydroxyl groups is 1. The molecule has 0 bridgehead atoms. The topological polar surface area (TPSA) is 128 Å². The maximum absolute atomic E-state index is 12.2. The molecule has 0 radical (unpaired) electrons. The van der Waals surface area contributed by atoms with Crippen molar-refractivity contribution < 1.29 is 29.1 Å². The first-order chi connectivity index (χ1) is 13.4. The third-order valence-electron chi connectivity index (χ3n) is 3.75. The molecule has 0 saturated heterocycles. The molecule has 2 rings (SSSR count). The fourth-order valence-electron chi connectivity index (χ4n) is 2.23. The van der Waals surface area contributed by atoms with Crippen LogP contribution in [0.15, 0.2) is 54.6 Å². The van der Waals surface area contributed by atoms with Gasteiger partial charge in [0.15, 0.2) is 6.04 Å². The monoisotopic (exact) mass is 388 g/mol. The van der Waals surface area contributed by atoms with Crippen molar-refractivity contribution in [1.29, 1.82) is 0 Å². The number of carbonyl (C=O) groups excluding carboxylic acids is 2. The molecule has 0 heterocycles. The summed E-state index contributed by atoms with van der Waals surface area (Å²) in [5.41, 5.74) is 1.21. The Kier molecular flexibility index (Phi) is 7.46. The summed E-state index contributed by atoms with van der Waals surface area (Å²) in [6.07, 6.45) is -2.09. The molecule has 28 heavy (non-hydrogen) atoms. The minimum Gasteiger partial charge on any atom is -0.459 e. The van der Waals surface area contributed by atoms with Crippen molar-refractivity contribution in [2.24, 2.45) is 0 Å². The average Bonchev–Trinajstić information content (AvgIpc) is 2.69. The summed E-state index contributed by atoms with van der Waals surface area (Å²) in [7, 11) is 0. The van der Waals surface area contributed by atoms with Gasteiger partial charge in [-0.1, -0.05) is 30.3 Å². The van der Waals surface area contributed by atoms with E-state index in [4.69, 9.17) is 9.47 Å². The molecule has 9 nitrogen and oxygen atoms in total. The number of aliphatic hydroxyl groups excluding tert-OH is 1. The van der Waals surface area contributed by atoms with E-state index in [2.05, 4.69) is 5.32 Å². The highest BCUT2D eigenvalue weighted by Crippen LogP contribution is 2.13. The standard InChI is InChI=1S/C19H20N2O7/c1-13(22)17(20-19(24)28-12-14-5-3-2-4-6-14)18(23)27-11-15-7-9-16(10-8-15)21(25)26/h2-10,13,17,22H,11-12H2,1H3,(H,20,24)/t13-,17+/m0/s1. The number of hydrogen-bond donors (Lipinski definition) is 2. The highest BCUT2D eigenvalue weighted by atomic mass is 16.6. The normalized spacial score (nSPS) is 12.5. The molecule has 0 spiro atoms. The molecule has 9 heteroatoms. The van der Waals surface area contributed by atoms with E-state index in [0.717, 1.165) is 5.56 Å². The van der Waals surface area contributed by atoms with Gasteiger partial charge in [0.25, 0.3) is 5.69 Å². The second-order valence-electron chi connectivity index (χ2n) is 5.96. The smallest absolute Gasteiger partial charge is 0.408 e. The van der Waals surface area contributed by atoms with Gasteiger partial charge in [-0.2, -0.15) is 0 Å². The lowest BCUT2D eigenvalue weighted by molar-refractivity contribution is -0.384. The van der Waals surface area contributed by atoms with Gasteiger partial charge in [0, 0.05) is 12.1 Å². The molecule has 0 aliphatic rings. The number of nitrogens with zero attached hydrogens (tertiary/aromatic N) is 1. The zero-order valence-electron chi connectivity index (χ0n) is 15.1. The number of rotatable bonds is 8. The minimum atomic E-state index is -1.32. The van der Waals surface area contributed by atoms with E-state index in [9.17, 15) is 24.8 Å². The lowest BCUT2D eigenvalue weighted by Crippen LogP contribution is -2.48. The van der Waals surface area contributed by atoms with Gasteiger partial charge in [-0.05, 0) is 30.2 Å². The Bertz CT molecular complexity index is 807. The molecule has 0 unspecified atom stereocenters. The van der Waals surface area contributed by atoms with Crippen molar-refractivity contribution in [3.05, 3.63) is 75.8 Å². The third-order valence-corrected chi connectivity index (χ3v) is 3.75. The van der Waals surface area contributed by atoms with Crippen LogP contribution < -0.4 is 5.32 Å². The van der Waals surface area contributed by atoms with Crippen LogP contribution in [0.4, 0.5) is 10.5 Å². The summed E-state index contributed by atoms with van der Waals surface area (Å²) in [4.78, 5) is 34.2. The van der Waals surface area contributed by atoms with Gasteiger partial charge in [0.2, 0.25) is 0 Å². The van der Waals surface area contributed by atoms with Gasteiger partial charge < -0.3 is 19.9 Å². The van der Waals surface area contributed by atoms with Gasteiger partial charge in [-0.3, -0.25) is 10.1 Å². The largest absolute Gasteiger partial charge is 0.459 e. The summed E-state index contributed by atoms with van der Waals surface area (Å²) in [6, 6.07) is 13.1. The number of nitro benzene ring substituents is 1. The molecule has 1 amide bonds. The second-order valence-corrected chi connectivity index (χ2v) is 5.96. The number of esters is 1. The minimum absolute atomic E-state index is 0.0110. The Labute approximate surface area is 161 Å². The van der Waals surface area contributed by atoms with E-state index in [1.54, 1.807) is 24.3 Å². The highest BCUT2D eigenvalue weighted by molar-refractivity contribution is 5.81. The molecule has 0 aromatic heterocycles. The van der Waals surface area contributed by atoms with Crippen molar-refractivity contribution in [3.63, 3.8) is 0 Å². The van der Waals surface area contributed by atoms with E-state index in [-0.39, 0.29) is 18.9 Å². The van der Waals surface area contributed by atoms with Crippen LogP contribution in [0.5, 0.6) is 0 Å². The number of nitrogens with one attached hydrogen (secondary N) is 1. The number of benzene rings is 2. The Morgan fingerprint density at radius 1 is 1.04 bits per heavy atom. The van der Waals surface area contributed by atoms with Gasteiger partial charge in [0.05, 0.1) is 11.0 Å². The van der Waals surface area contributed by atoms with Crippen molar-refractivity contribution in [3.8, 4) is 0 Å².